The summed E-state index contributed by atoms with van der Waals surface area (Å²) in [4.78, 5) is 26.9. The normalized spacial score (nSPS) is 11.8. The number of rotatable bonds is 7. The molecule has 150 valence electrons. The number of amides is 2. The first-order valence-electron chi connectivity index (χ1n) is 8.68. The van der Waals surface area contributed by atoms with E-state index in [0.717, 1.165) is 0 Å². The van der Waals surface area contributed by atoms with E-state index in [9.17, 15) is 9.59 Å². The minimum atomic E-state index is -0.706. The predicted octanol–water partition coefficient (Wildman–Crippen LogP) is 5.40. The number of halogens is 4. The Hall–Kier alpha value is -1.46. The van der Waals surface area contributed by atoms with Crippen LogP contribution in [-0.4, -0.2) is 29.3 Å². The Morgan fingerprint density at radius 3 is 2.21 bits per heavy atom. The van der Waals surface area contributed by atoms with Crippen molar-refractivity contribution in [1.82, 2.24) is 10.2 Å². The van der Waals surface area contributed by atoms with Crippen molar-refractivity contribution >= 4 is 58.2 Å². The fraction of sp³-hybridized carbons (Fsp3) is 0.300. The van der Waals surface area contributed by atoms with Crippen LogP contribution < -0.4 is 5.32 Å². The van der Waals surface area contributed by atoms with Gasteiger partial charge in [0.2, 0.25) is 11.8 Å². The van der Waals surface area contributed by atoms with Gasteiger partial charge in [-0.05, 0) is 43.7 Å². The van der Waals surface area contributed by atoms with Gasteiger partial charge in [0, 0.05) is 28.7 Å². The van der Waals surface area contributed by atoms with E-state index >= 15 is 0 Å². The SMILES string of the molecule is CCNC(=O)[C@@H](C)N(Cc1c(Cl)cccc1Cl)C(=O)Cc1ccc(Cl)c(Cl)c1. The quantitative estimate of drug-likeness (QED) is 0.600. The molecule has 0 aromatic heterocycles. The number of likely N-dealkylation sites (N-methyl/N-ethyl adjacent to an activating group) is 1. The molecule has 0 aliphatic heterocycles. The molecule has 0 saturated heterocycles. The van der Waals surface area contributed by atoms with Crippen LogP contribution in [0.25, 0.3) is 0 Å². The second-order valence-electron chi connectivity index (χ2n) is 6.22. The number of carbonyl (C=O) groups excluding carboxylic acids is 2. The summed E-state index contributed by atoms with van der Waals surface area (Å²) in [6.45, 7) is 4.06. The lowest BCUT2D eigenvalue weighted by Gasteiger charge is -2.29. The van der Waals surface area contributed by atoms with Crippen molar-refractivity contribution in [3.8, 4) is 0 Å². The van der Waals surface area contributed by atoms with Crippen molar-refractivity contribution in [3.63, 3.8) is 0 Å². The summed E-state index contributed by atoms with van der Waals surface area (Å²) in [5, 5.41) is 4.38. The lowest BCUT2D eigenvalue weighted by Crippen LogP contribution is -2.48. The first-order valence-corrected chi connectivity index (χ1v) is 10.2. The van der Waals surface area contributed by atoms with Gasteiger partial charge in [0.05, 0.1) is 16.5 Å². The van der Waals surface area contributed by atoms with Crippen LogP contribution >= 0.6 is 46.4 Å². The molecule has 0 saturated carbocycles. The number of carbonyl (C=O) groups is 2. The van der Waals surface area contributed by atoms with E-state index in [-0.39, 0.29) is 24.8 Å². The Morgan fingerprint density at radius 2 is 1.64 bits per heavy atom. The number of hydrogen-bond donors (Lipinski definition) is 1. The minimum Gasteiger partial charge on any atom is -0.355 e. The third-order valence-electron chi connectivity index (χ3n) is 4.25. The van der Waals surface area contributed by atoms with Crippen LogP contribution in [-0.2, 0) is 22.6 Å². The number of benzene rings is 2. The van der Waals surface area contributed by atoms with Gasteiger partial charge in [0.25, 0.3) is 0 Å². The zero-order valence-electron chi connectivity index (χ0n) is 15.4. The summed E-state index contributed by atoms with van der Waals surface area (Å²) in [5.74, 6) is -0.513. The van der Waals surface area contributed by atoms with Crippen molar-refractivity contribution in [1.29, 1.82) is 0 Å². The highest BCUT2D eigenvalue weighted by Gasteiger charge is 2.27. The number of nitrogens with zero attached hydrogens (tertiary/aromatic N) is 1. The molecule has 0 unspecified atom stereocenters. The van der Waals surface area contributed by atoms with Gasteiger partial charge in [-0.1, -0.05) is 58.5 Å². The summed E-state index contributed by atoms with van der Waals surface area (Å²) >= 11 is 24.5. The molecule has 0 heterocycles. The molecule has 1 N–H and O–H groups in total. The summed E-state index contributed by atoms with van der Waals surface area (Å²) in [5.41, 5.74) is 1.28. The summed E-state index contributed by atoms with van der Waals surface area (Å²) in [7, 11) is 0. The first-order chi connectivity index (χ1) is 13.2. The van der Waals surface area contributed by atoms with E-state index in [2.05, 4.69) is 5.32 Å². The van der Waals surface area contributed by atoms with Gasteiger partial charge in [-0.2, -0.15) is 0 Å². The molecule has 4 nitrogen and oxygen atoms in total. The summed E-state index contributed by atoms with van der Waals surface area (Å²) < 4.78 is 0. The highest BCUT2D eigenvalue weighted by Crippen LogP contribution is 2.27. The summed E-state index contributed by atoms with van der Waals surface area (Å²) in [6.07, 6.45) is 0.0582. The minimum absolute atomic E-state index is 0.0582. The molecule has 0 aliphatic rings. The smallest absolute Gasteiger partial charge is 0.242 e. The Kier molecular flexibility index (Phi) is 8.44. The van der Waals surface area contributed by atoms with Crippen molar-refractivity contribution in [2.24, 2.45) is 0 Å². The van der Waals surface area contributed by atoms with Crippen LogP contribution in [0.2, 0.25) is 20.1 Å². The van der Waals surface area contributed by atoms with Gasteiger partial charge in [-0.25, -0.2) is 0 Å². The second kappa shape index (κ2) is 10.4. The van der Waals surface area contributed by atoms with Crippen molar-refractivity contribution in [2.45, 2.75) is 32.9 Å². The zero-order valence-corrected chi connectivity index (χ0v) is 18.5. The van der Waals surface area contributed by atoms with Crippen LogP contribution in [0.1, 0.15) is 25.0 Å². The van der Waals surface area contributed by atoms with Gasteiger partial charge in [0.1, 0.15) is 6.04 Å². The van der Waals surface area contributed by atoms with Gasteiger partial charge < -0.3 is 10.2 Å². The van der Waals surface area contributed by atoms with E-state index in [1.165, 1.54) is 4.90 Å². The van der Waals surface area contributed by atoms with Gasteiger partial charge in [-0.15, -0.1) is 0 Å². The Labute approximate surface area is 184 Å². The summed E-state index contributed by atoms with van der Waals surface area (Å²) in [6, 6.07) is 9.41. The monoisotopic (exact) mass is 460 g/mol. The average Bonchev–Trinajstić information content (AvgIpc) is 2.64. The lowest BCUT2D eigenvalue weighted by molar-refractivity contribution is -0.140. The molecule has 2 aromatic rings. The first kappa shape index (κ1) is 22.8. The van der Waals surface area contributed by atoms with Crippen LogP contribution in [0.4, 0.5) is 0 Å². The molecule has 0 radical (unpaired) electrons. The van der Waals surface area contributed by atoms with E-state index in [1.807, 2.05) is 6.92 Å². The third kappa shape index (κ3) is 5.77. The van der Waals surface area contributed by atoms with E-state index < -0.39 is 6.04 Å². The van der Waals surface area contributed by atoms with Crippen LogP contribution in [0.3, 0.4) is 0 Å². The van der Waals surface area contributed by atoms with Gasteiger partial charge in [0.15, 0.2) is 0 Å². The average molecular weight is 462 g/mol. The predicted molar refractivity (Wildman–Crippen MR) is 115 cm³/mol. The van der Waals surface area contributed by atoms with Crippen LogP contribution in [0, 0.1) is 0 Å². The molecular weight excluding hydrogens is 442 g/mol. The molecule has 2 rings (SSSR count). The maximum absolute atomic E-state index is 13.1. The van der Waals surface area contributed by atoms with E-state index in [0.29, 0.717) is 37.8 Å². The molecule has 0 aliphatic carbocycles. The van der Waals surface area contributed by atoms with Crippen molar-refractivity contribution < 1.29 is 9.59 Å². The molecule has 28 heavy (non-hydrogen) atoms. The van der Waals surface area contributed by atoms with Crippen LogP contribution in [0.5, 0.6) is 0 Å². The molecule has 0 spiro atoms. The third-order valence-corrected chi connectivity index (χ3v) is 5.70. The Balaban J connectivity index is 2.32. The van der Waals surface area contributed by atoms with E-state index in [1.54, 1.807) is 43.3 Å². The highest BCUT2D eigenvalue weighted by atomic mass is 35.5. The Morgan fingerprint density at radius 1 is 1.00 bits per heavy atom. The lowest BCUT2D eigenvalue weighted by atomic mass is 10.1. The second-order valence-corrected chi connectivity index (χ2v) is 7.85. The maximum atomic E-state index is 13.1. The standard InChI is InChI=1S/C20H20Cl4N2O2/c1-3-25-20(28)12(2)26(11-14-15(21)5-4-6-16(14)22)19(27)10-13-7-8-17(23)18(24)9-13/h4-9,12H,3,10-11H2,1-2H3,(H,25,28)/t12-/m1/s1. The molecular formula is C20H20Cl4N2O2. The van der Waals surface area contributed by atoms with Crippen LogP contribution in [0.15, 0.2) is 36.4 Å². The Bertz CT molecular complexity index is 853. The molecule has 0 bridgehead atoms. The fourth-order valence-corrected chi connectivity index (χ4v) is 3.52. The van der Waals surface area contributed by atoms with Crippen molar-refractivity contribution in [3.05, 3.63) is 67.6 Å². The highest BCUT2D eigenvalue weighted by molar-refractivity contribution is 6.42. The van der Waals surface area contributed by atoms with Gasteiger partial charge >= 0.3 is 0 Å². The topological polar surface area (TPSA) is 49.4 Å². The van der Waals surface area contributed by atoms with Crippen molar-refractivity contribution in [2.75, 3.05) is 6.54 Å². The number of hydrogen-bond acceptors (Lipinski definition) is 2. The zero-order chi connectivity index (χ0) is 20.8. The molecule has 2 aromatic carbocycles. The van der Waals surface area contributed by atoms with Gasteiger partial charge in [-0.3, -0.25) is 9.59 Å². The van der Waals surface area contributed by atoms with E-state index in [4.69, 9.17) is 46.4 Å². The number of nitrogens with one attached hydrogen (secondary N) is 1. The largest absolute Gasteiger partial charge is 0.355 e. The fourth-order valence-electron chi connectivity index (χ4n) is 2.68. The molecule has 1 atom stereocenters. The molecule has 2 amide bonds. The molecule has 0 fully saturated rings. The maximum Gasteiger partial charge on any atom is 0.242 e. The molecule has 8 heteroatoms.